The predicted molar refractivity (Wildman–Crippen MR) is 192 cm³/mol. The zero-order valence-corrected chi connectivity index (χ0v) is 27.9. The molecule has 47 heavy (non-hydrogen) atoms. The minimum atomic E-state index is -0.153. The molecule has 0 saturated carbocycles. The minimum Gasteiger partial charge on any atom is -0.368 e. The molecule has 0 aliphatic carbocycles. The molecule has 2 heterocycles. The fourth-order valence-electron chi connectivity index (χ4n) is 6.23. The van der Waals surface area contributed by atoms with Crippen molar-refractivity contribution in [3.63, 3.8) is 0 Å². The van der Waals surface area contributed by atoms with Gasteiger partial charge in [-0.25, -0.2) is 0 Å². The summed E-state index contributed by atoms with van der Waals surface area (Å²) in [6, 6.07) is 27.6. The standard InChI is InChI=1S/C37H37Cl2N7O/c1-26-7-2-3-10-32(26)28-8-6-9-29(23-28)36(47)42-30-11-13-31(14-12-30)45-17-19-46(20-18-45)37(41-25-40)43-35-33(38)21-27(22-34(35)39)24-44-15-4-5-16-44/h2-3,6-14,21-23H,4-5,15-20,24H2,1H3,(H,41,43)(H,42,47). The molecule has 0 unspecified atom stereocenters. The number of nitriles is 1. The maximum atomic E-state index is 13.1. The second-order valence-electron chi connectivity index (χ2n) is 11.9. The Labute approximate surface area is 286 Å². The largest absolute Gasteiger partial charge is 0.368 e. The van der Waals surface area contributed by atoms with Gasteiger partial charge in [0.15, 0.2) is 0 Å². The molecule has 0 bridgehead atoms. The Bertz CT molecular complexity index is 1780. The Hall–Kier alpha value is -4.55. The first-order valence-corrected chi connectivity index (χ1v) is 16.6. The van der Waals surface area contributed by atoms with Crippen molar-refractivity contribution < 1.29 is 4.79 Å². The highest BCUT2D eigenvalue weighted by atomic mass is 35.5. The summed E-state index contributed by atoms with van der Waals surface area (Å²) in [6.07, 6.45) is 4.36. The first-order chi connectivity index (χ1) is 22.9. The van der Waals surface area contributed by atoms with E-state index in [9.17, 15) is 10.1 Å². The van der Waals surface area contributed by atoms with E-state index in [1.54, 1.807) is 0 Å². The topological polar surface area (TPSA) is 87.0 Å². The van der Waals surface area contributed by atoms with Crippen LogP contribution in [0.2, 0.25) is 10.0 Å². The molecular weight excluding hydrogens is 629 g/mol. The maximum Gasteiger partial charge on any atom is 0.255 e. The van der Waals surface area contributed by atoms with Crippen LogP contribution in [0.5, 0.6) is 0 Å². The van der Waals surface area contributed by atoms with E-state index in [1.165, 1.54) is 12.8 Å². The van der Waals surface area contributed by atoms with Crippen molar-refractivity contribution in [1.82, 2.24) is 9.80 Å². The van der Waals surface area contributed by atoms with E-state index in [0.29, 0.717) is 40.3 Å². The van der Waals surface area contributed by atoms with E-state index in [4.69, 9.17) is 23.2 Å². The molecule has 6 rings (SSSR count). The van der Waals surface area contributed by atoms with Crippen LogP contribution < -0.4 is 15.5 Å². The van der Waals surface area contributed by atoms with Gasteiger partial charge in [0.2, 0.25) is 12.2 Å². The van der Waals surface area contributed by atoms with Gasteiger partial charge in [0.1, 0.15) is 0 Å². The Morgan fingerprint density at radius 2 is 1.55 bits per heavy atom. The lowest BCUT2D eigenvalue weighted by Crippen LogP contribution is -2.50. The van der Waals surface area contributed by atoms with Gasteiger partial charge in [-0.15, -0.1) is 4.99 Å². The molecule has 4 aromatic carbocycles. The van der Waals surface area contributed by atoms with Gasteiger partial charge in [-0.3, -0.25) is 9.69 Å². The fraction of sp³-hybridized carbons (Fsp3) is 0.270. The second-order valence-corrected chi connectivity index (χ2v) is 12.8. The molecule has 0 radical (unpaired) electrons. The number of rotatable bonds is 7. The number of aryl methyl sites for hydroxylation is 1. The van der Waals surface area contributed by atoms with Crippen molar-refractivity contribution in [2.24, 2.45) is 4.99 Å². The van der Waals surface area contributed by atoms with Crippen molar-refractivity contribution in [1.29, 1.82) is 5.26 Å². The molecule has 2 N–H and O–H groups in total. The van der Waals surface area contributed by atoms with Crippen LogP contribution in [-0.4, -0.2) is 60.9 Å². The molecule has 2 aliphatic heterocycles. The number of hydrogen-bond acceptors (Lipinski definition) is 5. The van der Waals surface area contributed by atoms with Crippen LogP contribution in [0.1, 0.15) is 34.3 Å². The molecule has 0 aromatic heterocycles. The Balaban J connectivity index is 1.05. The number of hydrogen-bond donors (Lipinski definition) is 2. The molecule has 10 heteroatoms. The molecule has 8 nitrogen and oxygen atoms in total. The number of amides is 1. The van der Waals surface area contributed by atoms with Gasteiger partial charge >= 0.3 is 0 Å². The summed E-state index contributed by atoms with van der Waals surface area (Å²) < 4.78 is 0. The highest BCUT2D eigenvalue weighted by Gasteiger charge is 2.23. The number of carbonyl (C=O) groups excluding carboxylic acids is 1. The third-order valence-electron chi connectivity index (χ3n) is 8.75. The lowest BCUT2D eigenvalue weighted by atomic mass is 9.99. The zero-order chi connectivity index (χ0) is 32.8. The number of nitrogens with zero attached hydrogens (tertiary/aromatic N) is 5. The van der Waals surface area contributed by atoms with E-state index in [1.807, 2.05) is 83.9 Å². The third-order valence-corrected chi connectivity index (χ3v) is 9.35. The number of aliphatic imine (C=N–C) groups is 1. The normalized spacial score (nSPS) is 15.4. The average Bonchev–Trinajstić information content (AvgIpc) is 3.60. The number of anilines is 3. The van der Waals surface area contributed by atoms with Crippen LogP contribution in [0.15, 0.2) is 89.9 Å². The summed E-state index contributed by atoms with van der Waals surface area (Å²) in [5.74, 6) is 0.271. The first kappa shape index (κ1) is 32.4. The molecular formula is C37H37Cl2N7O. The van der Waals surface area contributed by atoms with Crippen molar-refractivity contribution >= 4 is 52.1 Å². The Morgan fingerprint density at radius 1 is 0.851 bits per heavy atom. The van der Waals surface area contributed by atoms with E-state index in [0.717, 1.165) is 66.4 Å². The summed E-state index contributed by atoms with van der Waals surface area (Å²) in [4.78, 5) is 23.9. The first-order valence-electron chi connectivity index (χ1n) is 15.9. The molecule has 2 aliphatic rings. The van der Waals surface area contributed by atoms with Crippen LogP contribution in [0.4, 0.5) is 17.1 Å². The molecule has 2 fully saturated rings. The zero-order valence-electron chi connectivity index (χ0n) is 26.3. The molecule has 1 amide bonds. The number of nitrogens with one attached hydrogen (secondary N) is 2. The highest BCUT2D eigenvalue weighted by Crippen LogP contribution is 2.33. The van der Waals surface area contributed by atoms with Crippen molar-refractivity contribution in [2.75, 3.05) is 54.8 Å². The van der Waals surface area contributed by atoms with E-state index in [2.05, 4.69) is 44.5 Å². The summed E-state index contributed by atoms with van der Waals surface area (Å²) >= 11 is 13.3. The highest BCUT2D eigenvalue weighted by molar-refractivity contribution is 6.40. The molecule has 0 spiro atoms. The number of benzene rings is 4. The van der Waals surface area contributed by atoms with Crippen LogP contribution in [0.25, 0.3) is 11.1 Å². The van der Waals surface area contributed by atoms with Crippen molar-refractivity contribution in [3.8, 4) is 17.3 Å². The summed E-state index contributed by atoms with van der Waals surface area (Å²) in [7, 11) is 0. The monoisotopic (exact) mass is 665 g/mol. The fourth-order valence-corrected chi connectivity index (χ4v) is 6.86. The molecule has 0 atom stereocenters. The Kier molecular flexibility index (Phi) is 10.3. The molecule has 2 saturated heterocycles. The van der Waals surface area contributed by atoms with Gasteiger partial charge in [-0.2, -0.15) is 5.26 Å². The predicted octanol–water partition coefficient (Wildman–Crippen LogP) is 7.89. The van der Waals surface area contributed by atoms with Gasteiger partial charge in [0, 0.05) is 49.7 Å². The summed E-state index contributed by atoms with van der Waals surface area (Å²) in [5, 5.41) is 16.7. The number of carbonyl (C=O) groups is 1. The maximum absolute atomic E-state index is 13.1. The lowest BCUT2D eigenvalue weighted by Gasteiger charge is -2.37. The lowest BCUT2D eigenvalue weighted by molar-refractivity contribution is 0.102. The number of piperazine rings is 1. The SMILES string of the molecule is Cc1ccccc1-c1cccc(C(=O)Nc2ccc(N3CCN(/C(=N\C#N)Nc4c(Cl)cc(CN5CCCC5)cc4Cl)CC3)cc2)c1. The van der Waals surface area contributed by atoms with Gasteiger partial charge < -0.3 is 20.4 Å². The molecule has 240 valence electrons. The van der Waals surface area contributed by atoms with Crippen molar-refractivity contribution in [2.45, 2.75) is 26.3 Å². The van der Waals surface area contributed by atoms with Gasteiger partial charge in [-0.1, -0.05) is 59.6 Å². The average molecular weight is 667 g/mol. The van der Waals surface area contributed by atoms with E-state index < -0.39 is 0 Å². The van der Waals surface area contributed by atoms with Crippen LogP contribution in [0.3, 0.4) is 0 Å². The summed E-state index contributed by atoms with van der Waals surface area (Å²) in [6.45, 7) is 7.80. The van der Waals surface area contributed by atoms with Gasteiger partial charge in [0.25, 0.3) is 5.91 Å². The minimum absolute atomic E-state index is 0.153. The summed E-state index contributed by atoms with van der Waals surface area (Å²) in [5.41, 5.74) is 7.30. The second kappa shape index (κ2) is 14.9. The van der Waals surface area contributed by atoms with Gasteiger partial charge in [0.05, 0.1) is 15.7 Å². The van der Waals surface area contributed by atoms with Crippen LogP contribution in [0, 0.1) is 18.4 Å². The van der Waals surface area contributed by atoms with E-state index in [-0.39, 0.29) is 5.91 Å². The number of guanidine groups is 1. The quantitative estimate of drug-likeness (QED) is 0.119. The van der Waals surface area contributed by atoms with Crippen molar-refractivity contribution in [3.05, 3.63) is 112 Å². The Morgan fingerprint density at radius 3 is 2.23 bits per heavy atom. The number of halogens is 2. The smallest absolute Gasteiger partial charge is 0.255 e. The van der Waals surface area contributed by atoms with Gasteiger partial charge in [-0.05, 0) is 104 Å². The van der Waals surface area contributed by atoms with E-state index >= 15 is 0 Å². The van der Waals surface area contributed by atoms with Crippen LogP contribution in [-0.2, 0) is 6.54 Å². The van der Waals surface area contributed by atoms with Crippen LogP contribution >= 0.6 is 23.2 Å². The molecule has 4 aromatic rings. The third kappa shape index (κ3) is 7.88. The number of likely N-dealkylation sites (tertiary alicyclic amines) is 1.